The quantitative estimate of drug-likeness (QED) is 0.688. The van der Waals surface area contributed by atoms with E-state index in [4.69, 9.17) is 5.73 Å². The topological polar surface area (TPSA) is 105 Å². The van der Waals surface area contributed by atoms with Crippen LogP contribution in [0.15, 0.2) is 17.1 Å². The first kappa shape index (κ1) is 22.2. The van der Waals surface area contributed by atoms with Gasteiger partial charge in [-0.3, -0.25) is 4.79 Å². The van der Waals surface area contributed by atoms with Crippen LogP contribution >= 0.6 is 24.8 Å². The fourth-order valence-electron chi connectivity index (χ4n) is 3.61. The minimum atomic E-state index is -0.0914. The highest BCUT2D eigenvalue weighted by atomic mass is 35.5. The van der Waals surface area contributed by atoms with Crippen molar-refractivity contribution < 1.29 is 0 Å². The highest BCUT2D eigenvalue weighted by molar-refractivity contribution is 5.85. The van der Waals surface area contributed by atoms with Crippen LogP contribution in [0.2, 0.25) is 0 Å². The number of fused-ring (bicyclic) bond motifs is 1. The summed E-state index contributed by atoms with van der Waals surface area (Å²) in [5.41, 5.74) is 9.03. The van der Waals surface area contributed by atoms with Crippen LogP contribution in [0.3, 0.4) is 0 Å². The maximum absolute atomic E-state index is 11.8. The number of hydrogen-bond acceptors (Lipinski definition) is 8. The number of nitrogens with zero attached hydrogens (tertiary/aromatic N) is 6. The van der Waals surface area contributed by atoms with E-state index in [1.807, 2.05) is 0 Å². The van der Waals surface area contributed by atoms with Gasteiger partial charge in [-0.2, -0.15) is 10.1 Å². The lowest BCUT2D eigenvalue weighted by molar-refractivity contribution is 0.634. The van der Waals surface area contributed by atoms with Gasteiger partial charge in [0.1, 0.15) is 5.82 Å². The molecule has 2 aliphatic rings. The minimum absolute atomic E-state index is 0. The first-order valence-electron chi connectivity index (χ1n) is 9.01. The van der Waals surface area contributed by atoms with E-state index in [2.05, 4.69) is 30.2 Å². The normalized spacial score (nSPS) is 16.5. The summed E-state index contributed by atoms with van der Waals surface area (Å²) in [5, 5.41) is 7.52. The third kappa shape index (κ3) is 4.48. The van der Waals surface area contributed by atoms with Gasteiger partial charge in [-0.1, -0.05) is 0 Å². The zero-order valence-corrected chi connectivity index (χ0v) is 17.4. The maximum atomic E-state index is 11.8. The summed E-state index contributed by atoms with van der Waals surface area (Å²) in [6, 6.07) is 1.64. The van der Waals surface area contributed by atoms with E-state index >= 15 is 0 Å². The summed E-state index contributed by atoms with van der Waals surface area (Å²) >= 11 is 0. The van der Waals surface area contributed by atoms with Crippen molar-refractivity contribution >= 4 is 42.3 Å². The number of anilines is 3. The molecule has 0 saturated carbocycles. The number of nitrogens with two attached hydrogens (primary N) is 1. The van der Waals surface area contributed by atoms with Crippen LogP contribution in [0, 0.1) is 0 Å². The SMILES string of the molecule is Cl.Cl.Cn1ncc(N2CCN(c3nc(N)nc4c3CCNCC4)CC2)cc1=O. The number of aryl methyl sites for hydroxylation is 1. The molecule has 0 amide bonds. The molecule has 4 rings (SSSR count). The van der Waals surface area contributed by atoms with Crippen molar-refractivity contribution in [3.63, 3.8) is 0 Å². The van der Waals surface area contributed by atoms with E-state index < -0.39 is 0 Å². The summed E-state index contributed by atoms with van der Waals surface area (Å²) in [6.07, 6.45) is 3.55. The van der Waals surface area contributed by atoms with Crippen LogP contribution < -0.4 is 26.4 Å². The van der Waals surface area contributed by atoms with Crippen LogP contribution in [-0.2, 0) is 19.9 Å². The molecule has 1 saturated heterocycles. The molecular formula is C17H26Cl2N8O. The zero-order chi connectivity index (χ0) is 18.1. The standard InChI is InChI=1S/C17H24N8O.2ClH/c1-23-15(26)10-12(11-20-23)24-6-8-25(9-7-24)16-13-2-4-19-5-3-14(13)21-17(18)22-16;;/h10-11,19H,2-9H2,1H3,(H2,18,21,22);2*1H. The van der Waals surface area contributed by atoms with Crippen molar-refractivity contribution in [2.45, 2.75) is 12.8 Å². The average Bonchev–Trinajstić information content (AvgIpc) is 2.89. The van der Waals surface area contributed by atoms with Crippen molar-refractivity contribution in [2.24, 2.45) is 7.05 Å². The number of halogens is 2. The molecule has 0 bridgehead atoms. The Morgan fingerprint density at radius 3 is 2.43 bits per heavy atom. The number of hydrogen-bond donors (Lipinski definition) is 2. The molecule has 11 heteroatoms. The van der Waals surface area contributed by atoms with Gasteiger partial charge < -0.3 is 20.9 Å². The van der Waals surface area contributed by atoms with Crippen molar-refractivity contribution in [3.05, 3.63) is 33.9 Å². The first-order chi connectivity index (χ1) is 12.6. The van der Waals surface area contributed by atoms with Gasteiger partial charge in [0.2, 0.25) is 5.95 Å². The smallest absolute Gasteiger partial charge is 0.268 e. The highest BCUT2D eigenvalue weighted by Crippen LogP contribution is 2.26. The molecule has 3 N–H and O–H groups in total. The molecule has 9 nitrogen and oxygen atoms in total. The van der Waals surface area contributed by atoms with E-state index in [0.717, 1.165) is 69.3 Å². The third-order valence-electron chi connectivity index (χ3n) is 5.08. The third-order valence-corrected chi connectivity index (χ3v) is 5.08. The van der Waals surface area contributed by atoms with Gasteiger partial charge in [0.25, 0.3) is 5.56 Å². The summed E-state index contributed by atoms with van der Waals surface area (Å²) in [4.78, 5) is 25.3. The van der Waals surface area contributed by atoms with Gasteiger partial charge >= 0.3 is 0 Å². The van der Waals surface area contributed by atoms with Crippen molar-refractivity contribution in [3.8, 4) is 0 Å². The molecular weight excluding hydrogens is 403 g/mol. The molecule has 0 aliphatic carbocycles. The van der Waals surface area contributed by atoms with E-state index in [-0.39, 0.29) is 30.4 Å². The van der Waals surface area contributed by atoms with Crippen LogP contribution in [0.4, 0.5) is 17.5 Å². The fourth-order valence-corrected chi connectivity index (χ4v) is 3.61. The second kappa shape index (κ2) is 9.40. The number of aromatic nitrogens is 4. The predicted molar refractivity (Wildman–Crippen MR) is 115 cm³/mol. The molecule has 2 aromatic rings. The Balaban J connectivity index is 0.00000140. The monoisotopic (exact) mass is 428 g/mol. The Morgan fingerprint density at radius 1 is 1.04 bits per heavy atom. The molecule has 0 aromatic carbocycles. The summed E-state index contributed by atoms with van der Waals surface area (Å²) in [5.74, 6) is 1.32. The summed E-state index contributed by atoms with van der Waals surface area (Å²) in [7, 11) is 1.66. The molecule has 2 aromatic heterocycles. The van der Waals surface area contributed by atoms with E-state index in [1.54, 1.807) is 19.3 Å². The Morgan fingerprint density at radius 2 is 1.71 bits per heavy atom. The molecule has 2 aliphatic heterocycles. The van der Waals surface area contributed by atoms with Crippen LogP contribution in [0.5, 0.6) is 0 Å². The van der Waals surface area contributed by atoms with Crippen LogP contribution in [-0.4, -0.2) is 59.0 Å². The van der Waals surface area contributed by atoms with E-state index in [0.29, 0.717) is 5.95 Å². The Bertz CT molecular complexity index is 867. The lowest BCUT2D eigenvalue weighted by Gasteiger charge is -2.37. The van der Waals surface area contributed by atoms with Crippen LogP contribution in [0.25, 0.3) is 0 Å². The Kier molecular flexibility index (Phi) is 7.45. The molecule has 28 heavy (non-hydrogen) atoms. The van der Waals surface area contributed by atoms with Gasteiger partial charge in [-0.25, -0.2) is 9.67 Å². The lowest BCUT2D eigenvalue weighted by atomic mass is 10.1. The first-order valence-corrected chi connectivity index (χ1v) is 9.01. The van der Waals surface area contributed by atoms with Crippen molar-refractivity contribution in [1.29, 1.82) is 0 Å². The molecule has 0 spiro atoms. The number of nitrogens with one attached hydrogen (secondary N) is 1. The predicted octanol–water partition coefficient (Wildman–Crippen LogP) is 0.0109. The van der Waals surface area contributed by atoms with Gasteiger partial charge in [0.05, 0.1) is 17.6 Å². The average molecular weight is 429 g/mol. The lowest BCUT2D eigenvalue weighted by Crippen LogP contribution is -2.47. The molecule has 1 fully saturated rings. The number of piperazine rings is 1. The Labute approximate surface area is 176 Å². The Hall–Kier alpha value is -2.10. The molecule has 0 unspecified atom stereocenters. The second-order valence-electron chi connectivity index (χ2n) is 6.73. The molecule has 0 atom stereocenters. The number of nitrogen functional groups attached to an aromatic ring is 1. The van der Waals surface area contributed by atoms with Crippen molar-refractivity contribution in [2.75, 3.05) is 54.8 Å². The summed E-state index contributed by atoms with van der Waals surface area (Å²) < 4.78 is 1.34. The zero-order valence-electron chi connectivity index (χ0n) is 15.8. The summed E-state index contributed by atoms with van der Waals surface area (Å²) in [6.45, 7) is 5.13. The van der Waals surface area contributed by atoms with Gasteiger partial charge in [0.15, 0.2) is 0 Å². The molecule has 154 valence electrons. The largest absolute Gasteiger partial charge is 0.368 e. The molecule has 0 radical (unpaired) electrons. The highest BCUT2D eigenvalue weighted by Gasteiger charge is 2.24. The minimum Gasteiger partial charge on any atom is -0.368 e. The molecule has 4 heterocycles. The number of rotatable bonds is 2. The van der Waals surface area contributed by atoms with Crippen LogP contribution in [0.1, 0.15) is 11.3 Å². The fraction of sp³-hybridized carbons (Fsp3) is 0.529. The van der Waals surface area contributed by atoms with Gasteiger partial charge in [-0.15, -0.1) is 24.8 Å². The van der Waals surface area contributed by atoms with Gasteiger partial charge in [0, 0.05) is 57.8 Å². The van der Waals surface area contributed by atoms with E-state index in [9.17, 15) is 4.79 Å². The second-order valence-corrected chi connectivity index (χ2v) is 6.73. The van der Waals surface area contributed by atoms with Gasteiger partial charge in [-0.05, 0) is 13.0 Å². The van der Waals surface area contributed by atoms with Crippen molar-refractivity contribution in [1.82, 2.24) is 25.1 Å². The van der Waals surface area contributed by atoms with E-state index in [1.165, 1.54) is 10.2 Å². The maximum Gasteiger partial charge on any atom is 0.268 e.